The van der Waals surface area contributed by atoms with Crippen molar-refractivity contribution >= 4 is 5.91 Å². The molecule has 158 valence electrons. The molecule has 1 aliphatic heterocycles. The van der Waals surface area contributed by atoms with Crippen LogP contribution in [-0.2, 0) is 17.8 Å². The fourth-order valence-corrected chi connectivity index (χ4v) is 3.29. The molecule has 0 unspecified atom stereocenters. The van der Waals surface area contributed by atoms with E-state index in [0.29, 0.717) is 18.1 Å². The summed E-state index contributed by atoms with van der Waals surface area (Å²) in [7, 11) is 0. The summed E-state index contributed by atoms with van der Waals surface area (Å²) in [5, 5.41) is 2.85. The van der Waals surface area contributed by atoms with E-state index in [0.717, 1.165) is 45.9 Å². The summed E-state index contributed by atoms with van der Waals surface area (Å²) in [4.78, 5) is 21.3. The van der Waals surface area contributed by atoms with Crippen LogP contribution in [0.1, 0.15) is 41.4 Å². The van der Waals surface area contributed by atoms with Crippen molar-refractivity contribution in [3.05, 3.63) is 53.2 Å². The zero-order chi connectivity index (χ0) is 20.6. The van der Waals surface area contributed by atoms with Crippen LogP contribution in [-0.4, -0.2) is 66.1 Å². The number of nitrogens with zero attached hydrogens (tertiary/aromatic N) is 3. The van der Waals surface area contributed by atoms with E-state index in [2.05, 4.69) is 51.3 Å². The van der Waals surface area contributed by atoms with Gasteiger partial charge in [0.05, 0.1) is 19.8 Å². The number of amides is 1. The number of nitrogens with one attached hydrogen (secondary N) is 1. The van der Waals surface area contributed by atoms with Crippen LogP contribution in [0.2, 0.25) is 0 Å². The molecule has 1 N–H and O–H groups in total. The molecule has 0 bridgehead atoms. The van der Waals surface area contributed by atoms with E-state index in [9.17, 15) is 4.79 Å². The Labute approximate surface area is 173 Å². The molecule has 29 heavy (non-hydrogen) atoms. The molecule has 2 aromatic rings. The minimum Gasteiger partial charge on any atom is -0.447 e. The number of morpholine rings is 1. The highest BCUT2D eigenvalue weighted by Gasteiger charge is 2.17. The van der Waals surface area contributed by atoms with Gasteiger partial charge in [0.15, 0.2) is 5.69 Å². The zero-order valence-corrected chi connectivity index (χ0v) is 17.7. The molecule has 1 aliphatic rings. The lowest BCUT2D eigenvalue weighted by atomic mass is 10.1. The van der Waals surface area contributed by atoms with Crippen LogP contribution in [0.3, 0.4) is 0 Å². The van der Waals surface area contributed by atoms with Gasteiger partial charge >= 0.3 is 0 Å². The molecular formula is C22H32N4O3. The van der Waals surface area contributed by atoms with E-state index in [1.807, 2.05) is 13.8 Å². The van der Waals surface area contributed by atoms with E-state index in [4.69, 9.17) is 9.15 Å². The Kier molecular flexibility index (Phi) is 7.80. The van der Waals surface area contributed by atoms with Crippen molar-refractivity contribution in [2.45, 2.75) is 39.9 Å². The molecule has 1 fully saturated rings. The van der Waals surface area contributed by atoms with Crippen LogP contribution >= 0.6 is 0 Å². The van der Waals surface area contributed by atoms with Crippen LogP contribution in [0.5, 0.6) is 0 Å². The molecule has 2 heterocycles. The number of hydrogen-bond acceptors (Lipinski definition) is 6. The van der Waals surface area contributed by atoms with E-state index in [1.165, 1.54) is 17.4 Å². The first-order valence-electron chi connectivity index (χ1n) is 10.3. The fourth-order valence-electron chi connectivity index (χ4n) is 3.29. The van der Waals surface area contributed by atoms with Crippen molar-refractivity contribution < 1.29 is 13.9 Å². The highest BCUT2D eigenvalue weighted by atomic mass is 16.5. The van der Waals surface area contributed by atoms with Crippen LogP contribution in [0.4, 0.5) is 0 Å². The third-order valence-corrected chi connectivity index (χ3v) is 4.93. The third-order valence-electron chi connectivity index (χ3n) is 4.93. The van der Waals surface area contributed by atoms with Crippen molar-refractivity contribution in [1.82, 2.24) is 20.1 Å². The summed E-state index contributed by atoms with van der Waals surface area (Å²) in [6.45, 7) is 12.7. The standard InChI is InChI=1S/C22H32N4O3/c1-17(2)23-22(27)20-16-29-21(24-20)15-26(9-8-25-10-12-28-13-11-25)14-19-6-4-18(3)5-7-19/h4-7,16-17H,8-15H2,1-3H3,(H,23,27). The second-order valence-corrected chi connectivity index (χ2v) is 7.90. The molecule has 1 amide bonds. The lowest BCUT2D eigenvalue weighted by molar-refractivity contribution is 0.0320. The lowest BCUT2D eigenvalue weighted by Gasteiger charge is -2.29. The Morgan fingerprint density at radius 3 is 2.62 bits per heavy atom. The number of aromatic nitrogens is 1. The van der Waals surface area contributed by atoms with Crippen molar-refractivity contribution in [1.29, 1.82) is 0 Å². The summed E-state index contributed by atoms with van der Waals surface area (Å²) < 4.78 is 11.0. The number of rotatable bonds is 9. The largest absolute Gasteiger partial charge is 0.447 e. The van der Waals surface area contributed by atoms with Gasteiger partial charge in [-0.15, -0.1) is 0 Å². The maximum absolute atomic E-state index is 12.1. The minimum atomic E-state index is -0.201. The van der Waals surface area contributed by atoms with E-state index in [1.54, 1.807) is 0 Å². The Morgan fingerprint density at radius 2 is 1.93 bits per heavy atom. The molecule has 7 nitrogen and oxygen atoms in total. The number of ether oxygens (including phenoxy) is 1. The van der Waals surface area contributed by atoms with Gasteiger partial charge in [-0.3, -0.25) is 14.6 Å². The monoisotopic (exact) mass is 400 g/mol. The molecule has 7 heteroatoms. The average Bonchev–Trinajstić information content (AvgIpc) is 3.17. The molecular weight excluding hydrogens is 368 g/mol. The number of hydrogen-bond donors (Lipinski definition) is 1. The number of oxazole rings is 1. The predicted molar refractivity (Wildman–Crippen MR) is 112 cm³/mol. The zero-order valence-electron chi connectivity index (χ0n) is 17.7. The van der Waals surface area contributed by atoms with Gasteiger partial charge in [-0.1, -0.05) is 29.8 Å². The first-order valence-corrected chi connectivity index (χ1v) is 10.3. The summed E-state index contributed by atoms with van der Waals surface area (Å²) >= 11 is 0. The molecule has 0 atom stereocenters. The first-order chi connectivity index (χ1) is 14.0. The van der Waals surface area contributed by atoms with Crippen LogP contribution < -0.4 is 5.32 Å². The van der Waals surface area contributed by atoms with Crippen molar-refractivity contribution in [2.75, 3.05) is 39.4 Å². The molecule has 3 rings (SSSR count). The SMILES string of the molecule is Cc1ccc(CN(CCN2CCOCC2)Cc2nc(C(=O)NC(C)C)co2)cc1. The van der Waals surface area contributed by atoms with E-state index >= 15 is 0 Å². The number of aryl methyl sites for hydroxylation is 1. The summed E-state index contributed by atoms with van der Waals surface area (Å²) in [5.41, 5.74) is 2.83. The molecule has 0 aliphatic carbocycles. The van der Waals surface area contributed by atoms with Crippen LogP contribution in [0.25, 0.3) is 0 Å². The van der Waals surface area contributed by atoms with Gasteiger partial charge in [0.2, 0.25) is 5.89 Å². The quantitative estimate of drug-likeness (QED) is 0.697. The average molecular weight is 401 g/mol. The number of carbonyl (C=O) groups is 1. The summed E-state index contributed by atoms with van der Waals surface area (Å²) in [5.74, 6) is 0.362. The highest BCUT2D eigenvalue weighted by molar-refractivity contribution is 5.92. The molecule has 0 saturated carbocycles. The molecule has 0 radical (unpaired) electrons. The Balaban J connectivity index is 1.64. The van der Waals surface area contributed by atoms with Gasteiger partial charge in [-0.05, 0) is 26.3 Å². The van der Waals surface area contributed by atoms with Gasteiger partial charge in [0.1, 0.15) is 6.26 Å². The minimum absolute atomic E-state index is 0.0641. The van der Waals surface area contributed by atoms with Crippen LogP contribution in [0, 0.1) is 6.92 Å². The summed E-state index contributed by atoms with van der Waals surface area (Å²) in [6.07, 6.45) is 1.44. The van der Waals surface area contributed by atoms with Crippen LogP contribution in [0.15, 0.2) is 34.9 Å². The predicted octanol–water partition coefficient (Wildman–Crippen LogP) is 2.46. The maximum atomic E-state index is 12.1. The Bertz CT molecular complexity index is 767. The Morgan fingerprint density at radius 1 is 1.21 bits per heavy atom. The molecule has 1 saturated heterocycles. The van der Waals surface area contributed by atoms with Crippen molar-refractivity contribution in [2.24, 2.45) is 0 Å². The Hall–Kier alpha value is -2.22. The highest BCUT2D eigenvalue weighted by Crippen LogP contribution is 2.12. The normalized spacial score (nSPS) is 15.2. The van der Waals surface area contributed by atoms with Crippen molar-refractivity contribution in [3.63, 3.8) is 0 Å². The van der Waals surface area contributed by atoms with Gasteiger partial charge in [-0.2, -0.15) is 0 Å². The van der Waals surface area contributed by atoms with E-state index in [-0.39, 0.29) is 11.9 Å². The van der Waals surface area contributed by atoms with Crippen molar-refractivity contribution in [3.8, 4) is 0 Å². The molecule has 0 spiro atoms. The molecule has 1 aromatic carbocycles. The second kappa shape index (κ2) is 10.5. The number of benzene rings is 1. The first kappa shape index (κ1) is 21.5. The smallest absolute Gasteiger partial charge is 0.273 e. The second-order valence-electron chi connectivity index (χ2n) is 7.90. The summed E-state index contributed by atoms with van der Waals surface area (Å²) in [6, 6.07) is 8.65. The topological polar surface area (TPSA) is 70.8 Å². The van der Waals surface area contributed by atoms with E-state index < -0.39 is 0 Å². The van der Waals surface area contributed by atoms with Gasteiger partial charge in [0, 0.05) is 38.8 Å². The van der Waals surface area contributed by atoms with Gasteiger partial charge < -0.3 is 14.5 Å². The van der Waals surface area contributed by atoms with Gasteiger partial charge in [0.25, 0.3) is 5.91 Å². The van der Waals surface area contributed by atoms with Gasteiger partial charge in [-0.25, -0.2) is 4.98 Å². The maximum Gasteiger partial charge on any atom is 0.273 e. The number of carbonyl (C=O) groups excluding carboxylic acids is 1. The third kappa shape index (κ3) is 6.96. The fraction of sp³-hybridized carbons (Fsp3) is 0.545. The molecule has 1 aromatic heterocycles. The lowest BCUT2D eigenvalue weighted by Crippen LogP contribution is -2.41.